The van der Waals surface area contributed by atoms with Crippen LogP contribution in [0.1, 0.15) is 26.5 Å². The van der Waals surface area contributed by atoms with Gasteiger partial charge in [0, 0.05) is 17.8 Å². The Morgan fingerprint density at radius 1 is 1.05 bits per heavy atom. The first kappa shape index (κ1) is 13.0. The summed E-state index contributed by atoms with van der Waals surface area (Å²) in [5, 5.41) is 15.8. The van der Waals surface area contributed by atoms with Crippen molar-refractivity contribution < 1.29 is 4.86 Å². The molecule has 0 N–H and O–H groups in total. The molecule has 0 spiro atoms. The van der Waals surface area contributed by atoms with Crippen LogP contribution >= 0.6 is 0 Å². The highest BCUT2D eigenvalue weighted by atomic mass is 16.5. The third-order valence-electron chi connectivity index (χ3n) is 2.32. The zero-order valence-corrected chi connectivity index (χ0v) is 11.0. The van der Waals surface area contributed by atoms with E-state index in [9.17, 15) is 5.21 Å². The van der Waals surface area contributed by atoms with E-state index in [1.807, 2.05) is 20.8 Å². The molecule has 0 aliphatic rings. The molecule has 0 aliphatic heterocycles. The van der Waals surface area contributed by atoms with E-state index in [4.69, 9.17) is 0 Å². The standard InChI is InChI=1S/C12H14N6O/c1-12(2,3)10-11(16-7-6-15-10)17-18(19)9-8-13-4-5-14-9/h4-8H,1-3H3. The highest BCUT2D eigenvalue weighted by molar-refractivity contribution is 5.36. The van der Waals surface area contributed by atoms with Crippen LogP contribution in [-0.4, -0.2) is 24.8 Å². The molecule has 0 amide bonds. The highest BCUT2D eigenvalue weighted by Gasteiger charge is 2.21. The largest absolute Gasteiger partial charge is 0.690 e. The van der Waals surface area contributed by atoms with Gasteiger partial charge in [-0.15, -0.1) is 4.86 Å². The Hall–Kier alpha value is -2.44. The van der Waals surface area contributed by atoms with Crippen LogP contribution < -0.4 is 0 Å². The maximum absolute atomic E-state index is 11.9. The van der Waals surface area contributed by atoms with Crippen LogP contribution in [0.15, 0.2) is 36.1 Å². The second kappa shape index (κ2) is 5.05. The summed E-state index contributed by atoms with van der Waals surface area (Å²) in [5.41, 5.74) is 0.399. The Morgan fingerprint density at radius 2 is 1.74 bits per heavy atom. The van der Waals surface area contributed by atoms with Crippen molar-refractivity contribution in [3.8, 4) is 0 Å². The minimum absolute atomic E-state index is 0.105. The summed E-state index contributed by atoms with van der Waals surface area (Å²) in [6.07, 6.45) is 7.33. The lowest BCUT2D eigenvalue weighted by molar-refractivity contribution is -0.440. The van der Waals surface area contributed by atoms with Crippen molar-refractivity contribution in [2.75, 3.05) is 0 Å². The molecule has 7 heteroatoms. The Kier molecular flexibility index (Phi) is 3.46. The normalized spacial score (nSPS) is 12.5. The Bertz CT molecular complexity index is 591. The van der Waals surface area contributed by atoms with Gasteiger partial charge in [-0.05, 0) is 4.98 Å². The number of hydrogen-bond donors (Lipinski definition) is 0. The molecule has 0 saturated heterocycles. The molecule has 0 aromatic carbocycles. The first-order valence-corrected chi connectivity index (χ1v) is 5.75. The van der Waals surface area contributed by atoms with E-state index >= 15 is 0 Å². The van der Waals surface area contributed by atoms with Gasteiger partial charge in [0.1, 0.15) is 6.20 Å². The van der Waals surface area contributed by atoms with E-state index in [1.165, 1.54) is 24.8 Å². The Morgan fingerprint density at radius 3 is 2.37 bits per heavy atom. The van der Waals surface area contributed by atoms with Gasteiger partial charge in [0.25, 0.3) is 0 Å². The zero-order chi connectivity index (χ0) is 13.9. The molecular weight excluding hydrogens is 244 g/mol. The quantitative estimate of drug-likeness (QED) is 0.469. The van der Waals surface area contributed by atoms with Crippen LogP contribution in [0, 0.1) is 5.21 Å². The first-order valence-electron chi connectivity index (χ1n) is 5.75. The zero-order valence-electron chi connectivity index (χ0n) is 11.0. The van der Waals surface area contributed by atoms with Gasteiger partial charge in [0.15, 0.2) is 6.20 Å². The van der Waals surface area contributed by atoms with E-state index in [0.717, 1.165) is 0 Å². The molecular formula is C12H14N6O. The lowest BCUT2D eigenvalue weighted by Crippen LogP contribution is -2.14. The smallest absolute Gasteiger partial charge is 0.365 e. The summed E-state index contributed by atoms with van der Waals surface area (Å²) in [5.74, 6) is 0.392. The van der Waals surface area contributed by atoms with Crippen molar-refractivity contribution in [1.82, 2.24) is 19.9 Å². The van der Waals surface area contributed by atoms with Gasteiger partial charge in [-0.2, -0.15) is 0 Å². The molecule has 0 bridgehead atoms. The summed E-state index contributed by atoms with van der Waals surface area (Å²) in [6, 6.07) is 0. The summed E-state index contributed by atoms with van der Waals surface area (Å²) < 4.78 is 0. The van der Waals surface area contributed by atoms with E-state index < -0.39 is 0 Å². The molecule has 98 valence electrons. The van der Waals surface area contributed by atoms with Gasteiger partial charge in [0.2, 0.25) is 5.82 Å². The molecule has 2 aromatic heterocycles. The van der Waals surface area contributed by atoms with Crippen LogP contribution in [0.5, 0.6) is 0 Å². The molecule has 2 rings (SSSR count). The van der Waals surface area contributed by atoms with Gasteiger partial charge in [0.05, 0.1) is 11.9 Å². The van der Waals surface area contributed by atoms with Crippen molar-refractivity contribution in [2.24, 2.45) is 5.11 Å². The molecule has 0 unspecified atom stereocenters. The third-order valence-corrected chi connectivity index (χ3v) is 2.32. The maximum Gasteiger partial charge on any atom is 0.365 e. The van der Waals surface area contributed by atoms with Gasteiger partial charge in [-0.1, -0.05) is 25.9 Å². The van der Waals surface area contributed by atoms with Crippen LogP contribution in [0.25, 0.3) is 0 Å². The SMILES string of the molecule is CC(C)(C)c1nccnc1N=[N+]([O-])c1cnccn1. The fourth-order valence-corrected chi connectivity index (χ4v) is 1.46. The van der Waals surface area contributed by atoms with Gasteiger partial charge < -0.3 is 5.21 Å². The molecule has 19 heavy (non-hydrogen) atoms. The van der Waals surface area contributed by atoms with E-state index in [2.05, 4.69) is 25.1 Å². The molecule has 0 aliphatic carbocycles. The molecule has 0 fully saturated rings. The number of hydrogen-bond acceptors (Lipinski definition) is 6. The average Bonchev–Trinajstić information content (AvgIpc) is 2.39. The second-order valence-corrected chi connectivity index (χ2v) is 4.92. The number of azo groups is 1. The Balaban J connectivity index is 2.44. The summed E-state index contributed by atoms with van der Waals surface area (Å²) in [4.78, 5) is 16.4. The monoisotopic (exact) mass is 258 g/mol. The maximum atomic E-state index is 11.9. The van der Waals surface area contributed by atoms with Crippen molar-refractivity contribution in [3.63, 3.8) is 0 Å². The Labute approximate surface area is 110 Å². The topological polar surface area (TPSA) is 90.0 Å². The van der Waals surface area contributed by atoms with Crippen LogP contribution in [0.4, 0.5) is 11.6 Å². The lowest BCUT2D eigenvalue weighted by atomic mass is 9.92. The van der Waals surface area contributed by atoms with Crippen LogP contribution in [0.2, 0.25) is 0 Å². The minimum atomic E-state index is -0.254. The van der Waals surface area contributed by atoms with Crippen LogP contribution in [-0.2, 0) is 5.41 Å². The molecule has 0 saturated carbocycles. The highest BCUT2D eigenvalue weighted by Crippen LogP contribution is 2.27. The first-order chi connectivity index (χ1) is 8.98. The van der Waals surface area contributed by atoms with E-state index in [-0.39, 0.29) is 17.1 Å². The van der Waals surface area contributed by atoms with Crippen molar-refractivity contribution in [1.29, 1.82) is 0 Å². The molecule has 2 aromatic rings. The number of aromatic nitrogens is 4. The van der Waals surface area contributed by atoms with E-state index in [0.29, 0.717) is 10.6 Å². The van der Waals surface area contributed by atoms with E-state index in [1.54, 1.807) is 6.20 Å². The molecule has 2 heterocycles. The predicted octanol–water partition coefficient (Wildman–Crippen LogP) is 2.49. The number of rotatable bonds is 2. The van der Waals surface area contributed by atoms with Crippen LogP contribution in [0.3, 0.4) is 0 Å². The molecule has 7 nitrogen and oxygen atoms in total. The fraction of sp³-hybridized carbons (Fsp3) is 0.333. The fourth-order valence-electron chi connectivity index (χ4n) is 1.46. The average molecular weight is 258 g/mol. The summed E-state index contributed by atoms with van der Waals surface area (Å²) >= 11 is 0. The number of nitrogens with zero attached hydrogens (tertiary/aromatic N) is 6. The molecule has 0 radical (unpaired) electrons. The van der Waals surface area contributed by atoms with Gasteiger partial charge >= 0.3 is 5.82 Å². The van der Waals surface area contributed by atoms with Crippen molar-refractivity contribution >= 4 is 11.6 Å². The van der Waals surface area contributed by atoms with Crippen molar-refractivity contribution in [3.05, 3.63) is 41.9 Å². The third kappa shape index (κ3) is 3.06. The second-order valence-electron chi connectivity index (χ2n) is 4.92. The molecule has 0 atom stereocenters. The summed E-state index contributed by atoms with van der Waals surface area (Å²) in [6.45, 7) is 5.94. The van der Waals surface area contributed by atoms with Crippen molar-refractivity contribution in [2.45, 2.75) is 26.2 Å². The predicted molar refractivity (Wildman–Crippen MR) is 68.1 cm³/mol. The summed E-state index contributed by atoms with van der Waals surface area (Å²) in [7, 11) is 0. The van der Waals surface area contributed by atoms with Gasteiger partial charge in [-0.25, -0.2) is 4.98 Å². The minimum Gasteiger partial charge on any atom is -0.690 e. The van der Waals surface area contributed by atoms with Gasteiger partial charge in [-0.3, -0.25) is 9.97 Å². The lowest BCUT2D eigenvalue weighted by Gasteiger charge is -2.18.